The number of fused-ring (bicyclic) bond motifs is 2. The number of anilines is 6. The maximum absolute atomic E-state index is 12.5. The number of benzene rings is 11. The molecule has 60 heteroatoms. The molecule has 11 aromatic carbocycles. The first-order valence-corrected chi connectivity index (χ1v) is 45.1. The minimum atomic E-state index is -0.685. The first-order valence-electron chi connectivity index (χ1n) is 41.9. The SMILES string of the molecule is CC1(C)CCc2cc(O)c(NC(=O)Nc3cccc(-n4[nH]nnc4=S)c3)cc2C1.O=C(NCCn1[nH]nnc1=S)c1cc(O)ccc1O.O=C(Nc1cc(O)ccc1O)c1cccc(-n2[nH]nnc2=S)c1.O=C(Nc1ccc2n[nH]nc2c1)c1cc(O)ccc1O.O=C(Nc1cccc(-n2[nH]nnc2=S)c1)c1cc(O)c(O)c(O)c1.O=C(Nc1n[nH]c(=S)s1)c1cc(O)c(O)c(O)c1.Oc1ccc(O)c(-n2[nH]nnc2=S)c1. The van der Waals surface area contributed by atoms with Crippen molar-refractivity contribution in [2.75, 3.05) is 38.4 Å². The predicted octanol–water partition coefficient (Wildman–Crippen LogP) is 12.0. The highest BCUT2D eigenvalue weighted by Gasteiger charge is 2.28. The molecule has 0 radical (unpaired) electrons. The first kappa shape index (κ1) is 105. The van der Waals surface area contributed by atoms with E-state index < -0.39 is 70.1 Å². The predicted molar refractivity (Wildman–Crippen MR) is 539 cm³/mol. The molecule has 29 N–H and O–H groups in total. The Kier molecular flexibility index (Phi) is 33.8. The van der Waals surface area contributed by atoms with Crippen molar-refractivity contribution in [3.05, 3.63) is 267 Å². The van der Waals surface area contributed by atoms with Gasteiger partial charge in [0.2, 0.25) is 29.0 Å². The topological polar surface area (TPSA) is 793 Å². The summed E-state index contributed by atoms with van der Waals surface area (Å²) in [6.45, 7) is 5.11. The van der Waals surface area contributed by atoms with Crippen LogP contribution in [0.3, 0.4) is 0 Å². The van der Waals surface area contributed by atoms with Gasteiger partial charge >= 0.3 is 6.03 Å². The molecule has 7 aromatic heterocycles. The molecule has 0 saturated heterocycles. The number of aryl methyl sites for hydroxylation is 1. The summed E-state index contributed by atoms with van der Waals surface area (Å²) in [6, 6.07) is 48.2. The second-order valence-corrected chi connectivity index (χ2v) is 34.6. The lowest BCUT2D eigenvalue weighted by molar-refractivity contribution is 0.0945. The Morgan fingerprint density at radius 1 is 0.374 bits per heavy atom. The summed E-state index contributed by atoms with van der Waals surface area (Å²) >= 11 is 30.7. The van der Waals surface area contributed by atoms with Gasteiger partial charge in [0.05, 0.1) is 46.1 Å². The van der Waals surface area contributed by atoms with Crippen LogP contribution in [0.4, 0.5) is 38.4 Å². The molecule has 53 nitrogen and oxygen atoms in total. The minimum absolute atomic E-state index is 0.00586. The van der Waals surface area contributed by atoms with Crippen molar-refractivity contribution in [3.8, 4) is 109 Å². The van der Waals surface area contributed by atoms with E-state index in [1.165, 1.54) is 96.2 Å². The Balaban J connectivity index is 0.000000145. The fraction of sp³-hybridized carbons (Fsp3) is 0.0920. The largest absolute Gasteiger partial charge is 0.508 e. The summed E-state index contributed by atoms with van der Waals surface area (Å²) in [4.78, 5) is 72.6. The molecule has 1 aliphatic carbocycles. The summed E-state index contributed by atoms with van der Waals surface area (Å²) in [6.07, 6.45) is 2.93. The Morgan fingerprint density at radius 2 is 0.830 bits per heavy atom. The lowest BCUT2D eigenvalue weighted by atomic mass is 9.74. The quantitative estimate of drug-likeness (QED) is 0.0215. The van der Waals surface area contributed by atoms with Gasteiger partial charge in [0, 0.05) is 52.4 Å². The zero-order valence-electron chi connectivity index (χ0n) is 75.2. The lowest BCUT2D eigenvalue weighted by Crippen LogP contribution is -2.27. The van der Waals surface area contributed by atoms with Crippen molar-refractivity contribution in [1.82, 2.24) is 132 Å². The molecular formula is C87H78N32O21S7. The first-order chi connectivity index (χ1) is 70.2. The van der Waals surface area contributed by atoms with Gasteiger partial charge in [-0.15, -0.1) is 5.10 Å². The Hall–Kier alpha value is -19.3. The zero-order valence-corrected chi connectivity index (χ0v) is 80.9. The van der Waals surface area contributed by atoms with Gasteiger partial charge in [-0.3, -0.25) is 34.4 Å². The molecule has 0 spiro atoms. The normalized spacial score (nSPS) is 11.3. The second-order valence-electron chi connectivity index (χ2n) is 31.1. The number of urea groups is 1. The molecule has 0 fully saturated rings. The number of hydrogen-bond donors (Lipinski definition) is 29. The number of carbonyl (C=O) groups is 6. The average Bonchev–Trinajstić information content (AvgIpc) is 1.75. The fourth-order valence-electron chi connectivity index (χ4n) is 13.1. The van der Waals surface area contributed by atoms with Crippen LogP contribution in [0.5, 0.6) is 86.2 Å². The molecule has 0 atom stereocenters. The molecule has 18 aromatic rings. The van der Waals surface area contributed by atoms with E-state index in [1.54, 1.807) is 91.0 Å². The third-order valence-corrected chi connectivity index (χ3v) is 22.6. The maximum atomic E-state index is 12.5. The number of phenolic OH excluding ortho intramolecular Hbond substituents is 15. The highest BCUT2D eigenvalue weighted by atomic mass is 32.1. The number of nitrogens with zero attached hydrogens (tertiary/aromatic N) is 18. The van der Waals surface area contributed by atoms with E-state index in [4.69, 9.17) is 78.4 Å². The van der Waals surface area contributed by atoms with E-state index in [-0.39, 0.29) is 121 Å². The summed E-state index contributed by atoms with van der Waals surface area (Å²) in [5.74, 6) is -7.12. The second kappa shape index (κ2) is 47.3. The van der Waals surface area contributed by atoms with Crippen LogP contribution in [0, 0.1) is 33.2 Å². The fourth-order valence-corrected chi connectivity index (χ4v) is 14.8. The number of amides is 7. The van der Waals surface area contributed by atoms with E-state index in [2.05, 4.69) is 154 Å². The van der Waals surface area contributed by atoms with Crippen LogP contribution in [-0.4, -0.2) is 245 Å². The number of H-pyrrole nitrogens is 7. The average molecular weight is 2130 g/mol. The number of aromatic amines is 7. The molecule has 7 amide bonds. The zero-order chi connectivity index (χ0) is 106. The van der Waals surface area contributed by atoms with Crippen LogP contribution in [0.1, 0.15) is 83.2 Å². The molecule has 147 heavy (non-hydrogen) atoms. The number of rotatable bonds is 18. The van der Waals surface area contributed by atoms with Gasteiger partial charge < -0.3 is 108 Å². The standard InChI is InChI=1S/C20H22N6O2S.C14H11N5O4S.C14H11N5O3S.C13H10N4O3.C10H11N5O3S.C9H7N3O4S2.C7H6N4O2S/c1-20(2)7-6-12-9-17(27)16(8-13(12)11-20)22-18(28)21-14-4-3-5-15(10-14)26-19(29)23-24-25-26;20-10-4-7(5-11(21)12(10)22)13(23)15-8-2-1-3-9(6-8)19-14(24)16-17-18-19;20-10-4-5-12(21)11(7-10)15-13(22)8-2-1-3-9(6-8)19-14(23)16-17-18-19;18-8-2-4-12(19)9(6-8)13(20)14-7-1-3-10-11(5-7)16-17-15-10;16-6-1-2-8(17)7(5-6)9(18)11-3-4-15-10(19)12-13-14-15;13-4-1-3(2-5(14)6(4)15)7(16)10-8-11-12-9(17)18-8;12-4-1-2-6(13)5(3-4)11-7(14)8-9-10-11/h3-5,8-10,27H,6-7,11H2,1-2H3,(H2,21,22,28)(H,23,25,29);1-6,20-22H,(H,15,23)(H,16,18,24);1-7,20-21H,(H,15,22)(H,16,18,23);1-6,18-19H,(H,14,20)(H,15,16,17);1-2,5,16-17H,3-4H2,(H,11,18)(H,12,14,19);1-2,13-15H,(H,12,17)(H,10,11,16);1-3,12-13H,(H,8,10,14). The number of phenols is 15. The van der Waals surface area contributed by atoms with E-state index in [9.17, 15) is 100 Å². The number of aromatic hydroxyl groups is 15. The van der Waals surface area contributed by atoms with Crippen molar-refractivity contribution >= 4 is 165 Å². The van der Waals surface area contributed by atoms with Gasteiger partial charge in [-0.2, -0.15) is 41.5 Å². The van der Waals surface area contributed by atoms with Crippen LogP contribution in [0.15, 0.2) is 200 Å². The lowest BCUT2D eigenvalue weighted by Gasteiger charge is -2.31. The monoisotopic (exact) mass is 2130 g/mol. The third-order valence-electron chi connectivity index (χ3n) is 20.2. The Labute approximate surface area is 856 Å². The van der Waals surface area contributed by atoms with Crippen LogP contribution in [0.25, 0.3) is 33.8 Å². The highest BCUT2D eigenvalue weighted by Crippen LogP contribution is 2.41. The summed E-state index contributed by atoms with van der Waals surface area (Å²) in [5, 5.41) is 226. The molecule has 0 aliphatic heterocycles. The van der Waals surface area contributed by atoms with E-state index >= 15 is 0 Å². The number of aromatic nitrogens is 25. The Bertz CT molecular complexity index is 8280. The van der Waals surface area contributed by atoms with Gasteiger partial charge in [0.1, 0.15) is 68.5 Å². The molecule has 0 unspecified atom stereocenters. The van der Waals surface area contributed by atoms with Crippen LogP contribution in [-0.2, 0) is 19.4 Å². The van der Waals surface area contributed by atoms with Gasteiger partial charge in [0.15, 0.2) is 38.5 Å². The number of carbonyl (C=O) groups excluding carboxylic acids is 6. The van der Waals surface area contributed by atoms with Crippen molar-refractivity contribution in [1.29, 1.82) is 0 Å². The van der Waals surface area contributed by atoms with E-state index in [0.29, 0.717) is 72.6 Å². The van der Waals surface area contributed by atoms with Crippen molar-refractivity contribution in [2.45, 2.75) is 39.7 Å². The summed E-state index contributed by atoms with van der Waals surface area (Å²) in [7, 11) is 0. The Morgan fingerprint density at radius 3 is 1.36 bits per heavy atom. The van der Waals surface area contributed by atoms with Crippen molar-refractivity contribution < 1.29 is 105 Å². The summed E-state index contributed by atoms with van der Waals surface area (Å²) < 4.78 is 8.79. The third kappa shape index (κ3) is 27.9. The molecule has 754 valence electrons. The van der Waals surface area contributed by atoms with Gasteiger partial charge in [-0.05, 0) is 279 Å². The van der Waals surface area contributed by atoms with Crippen LogP contribution < -0.4 is 37.2 Å². The van der Waals surface area contributed by atoms with Gasteiger partial charge in [-0.1, -0.05) is 94.9 Å². The van der Waals surface area contributed by atoms with Crippen LogP contribution in [0.2, 0.25) is 0 Å². The minimum Gasteiger partial charge on any atom is -0.508 e. The molecule has 19 rings (SSSR count). The molecule has 0 bridgehead atoms. The molecule has 7 heterocycles. The van der Waals surface area contributed by atoms with Crippen molar-refractivity contribution in [2.24, 2.45) is 5.41 Å². The smallest absolute Gasteiger partial charge is 0.323 e. The summed E-state index contributed by atoms with van der Waals surface area (Å²) in [5.41, 5.74) is 8.34. The maximum Gasteiger partial charge on any atom is 0.323 e. The van der Waals surface area contributed by atoms with E-state index in [1.807, 2.05) is 12.1 Å². The number of nitrogens with one attached hydrogen (secondary N) is 14. The van der Waals surface area contributed by atoms with E-state index in [0.717, 1.165) is 66.0 Å². The number of hydrogen-bond acceptors (Lipinski definition) is 41. The van der Waals surface area contributed by atoms with Gasteiger partial charge in [0.25, 0.3) is 29.5 Å². The molecular weight excluding hydrogens is 2050 g/mol. The van der Waals surface area contributed by atoms with Crippen LogP contribution >= 0.6 is 84.6 Å². The molecule has 0 saturated carbocycles. The molecule has 1 aliphatic rings. The highest BCUT2D eigenvalue weighted by molar-refractivity contribution is 7.73. The number of tetrazole rings is 5. The van der Waals surface area contributed by atoms with Gasteiger partial charge in [-0.25, -0.2) is 28.2 Å². The van der Waals surface area contributed by atoms with Crippen molar-refractivity contribution in [3.63, 3.8) is 0 Å².